The monoisotopic (exact) mass is 253 g/mol. The van der Waals surface area contributed by atoms with E-state index < -0.39 is 5.79 Å². The third-order valence-corrected chi connectivity index (χ3v) is 3.08. The number of nitrogens with two attached hydrogens (primary N) is 2. The van der Waals surface area contributed by atoms with E-state index in [0.717, 1.165) is 37.9 Å². The number of unbranched alkanes of at least 4 members (excludes halogenated alkanes) is 4. The van der Waals surface area contributed by atoms with Crippen LogP contribution in [-0.4, -0.2) is 17.6 Å². The van der Waals surface area contributed by atoms with E-state index in [-0.39, 0.29) is 0 Å². The van der Waals surface area contributed by atoms with Crippen molar-refractivity contribution < 1.29 is 0 Å². The van der Waals surface area contributed by atoms with Crippen molar-refractivity contribution in [3.05, 3.63) is 0 Å². The van der Waals surface area contributed by atoms with Gasteiger partial charge in [-0.15, -0.1) is 0 Å². The van der Waals surface area contributed by atoms with Crippen molar-refractivity contribution in [1.82, 2.24) is 5.32 Å². The van der Waals surface area contributed by atoms with E-state index in [1.54, 1.807) is 0 Å². The molecule has 0 radical (unpaired) electrons. The van der Waals surface area contributed by atoms with Crippen LogP contribution in [0.3, 0.4) is 0 Å². The molecule has 1 unspecified atom stereocenters. The number of nitrogens with one attached hydrogen (secondary N) is 1. The first-order chi connectivity index (χ1) is 8.59. The maximum atomic E-state index is 6.19. The third kappa shape index (κ3) is 5.04. The van der Waals surface area contributed by atoms with Gasteiger partial charge in [0.1, 0.15) is 5.84 Å². The zero-order valence-electron chi connectivity index (χ0n) is 11.7. The second-order valence-electron chi connectivity index (χ2n) is 4.97. The van der Waals surface area contributed by atoms with Crippen LogP contribution in [-0.2, 0) is 0 Å². The maximum absolute atomic E-state index is 6.19. The van der Waals surface area contributed by atoms with E-state index in [0.29, 0.717) is 5.96 Å². The molecule has 1 atom stereocenters. The van der Waals surface area contributed by atoms with Crippen LogP contribution in [0.2, 0.25) is 0 Å². The molecule has 5 N–H and O–H groups in total. The quantitative estimate of drug-likeness (QED) is 0.579. The number of amidine groups is 1. The Bertz CT molecular complexity index is 311. The first-order valence-electron chi connectivity index (χ1n) is 7.09. The molecule has 18 heavy (non-hydrogen) atoms. The highest BCUT2D eigenvalue weighted by Crippen LogP contribution is 2.18. The molecule has 5 heteroatoms. The fourth-order valence-corrected chi connectivity index (χ4v) is 2.08. The molecule has 0 aromatic carbocycles. The predicted molar refractivity (Wildman–Crippen MR) is 77.4 cm³/mol. The van der Waals surface area contributed by atoms with Crippen LogP contribution in [0.1, 0.15) is 65.2 Å². The normalized spacial score (nSPS) is 23.3. The van der Waals surface area contributed by atoms with Crippen molar-refractivity contribution in [3.63, 3.8) is 0 Å². The van der Waals surface area contributed by atoms with Crippen LogP contribution < -0.4 is 16.8 Å². The fraction of sp³-hybridized carbons (Fsp3) is 0.846. The summed E-state index contributed by atoms with van der Waals surface area (Å²) in [4.78, 5) is 8.76. The topological polar surface area (TPSA) is 88.8 Å². The summed E-state index contributed by atoms with van der Waals surface area (Å²) in [6.45, 7) is 4.35. The van der Waals surface area contributed by atoms with Gasteiger partial charge in [-0.2, -0.15) is 0 Å². The summed E-state index contributed by atoms with van der Waals surface area (Å²) < 4.78 is 0. The molecular formula is C13H27N5. The zero-order valence-corrected chi connectivity index (χ0v) is 11.7. The van der Waals surface area contributed by atoms with Gasteiger partial charge in [-0.25, -0.2) is 9.98 Å². The van der Waals surface area contributed by atoms with E-state index in [9.17, 15) is 0 Å². The number of guanidine groups is 1. The number of hydrogen-bond donors (Lipinski definition) is 3. The van der Waals surface area contributed by atoms with Gasteiger partial charge >= 0.3 is 0 Å². The average Bonchev–Trinajstić information content (AvgIpc) is 2.28. The minimum absolute atomic E-state index is 0.399. The second kappa shape index (κ2) is 7.36. The molecule has 5 nitrogen and oxygen atoms in total. The molecule has 0 aromatic rings. The van der Waals surface area contributed by atoms with Crippen molar-refractivity contribution >= 4 is 11.8 Å². The highest BCUT2D eigenvalue weighted by Gasteiger charge is 2.27. The van der Waals surface area contributed by atoms with E-state index in [1.165, 1.54) is 19.3 Å². The Morgan fingerprint density at radius 1 is 1.06 bits per heavy atom. The summed E-state index contributed by atoms with van der Waals surface area (Å²) >= 11 is 0. The van der Waals surface area contributed by atoms with Crippen LogP contribution in [0.25, 0.3) is 0 Å². The third-order valence-electron chi connectivity index (χ3n) is 3.08. The van der Waals surface area contributed by atoms with Gasteiger partial charge in [0.05, 0.1) is 0 Å². The van der Waals surface area contributed by atoms with Gasteiger partial charge in [0.15, 0.2) is 5.96 Å². The predicted octanol–water partition coefficient (Wildman–Crippen LogP) is 2.08. The van der Waals surface area contributed by atoms with Crippen LogP contribution in [0, 0.1) is 0 Å². The van der Waals surface area contributed by atoms with Gasteiger partial charge in [0, 0.05) is 12.8 Å². The molecule has 1 rings (SSSR count). The molecule has 0 spiro atoms. The molecule has 1 heterocycles. The molecule has 0 saturated carbocycles. The van der Waals surface area contributed by atoms with Crippen LogP contribution in [0.15, 0.2) is 9.98 Å². The Kier molecular flexibility index (Phi) is 6.12. The summed E-state index contributed by atoms with van der Waals surface area (Å²) in [5, 5.41) is 3.02. The van der Waals surface area contributed by atoms with Gasteiger partial charge in [-0.1, -0.05) is 39.5 Å². The van der Waals surface area contributed by atoms with Crippen LogP contribution >= 0.6 is 0 Å². The molecular weight excluding hydrogens is 226 g/mol. The van der Waals surface area contributed by atoms with Gasteiger partial charge in [0.2, 0.25) is 5.79 Å². The van der Waals surface area contributed by atoms with Crippen LogP contribution in [0.5, 0.6) is 0 Å². The zero-order chi connectivity index (χ0) is 13.4. The molecule has 0 saturated heterocycles. The number of rotatable bonds is 8. The summed E-state index contributed by atoms with van der Waals surface area (Å²) in [6, 6.07) is 0. The first kappa shape index (κ1) is 15.0. The lowest BCUT2D eigenvalue weighted by atomic mass is 10.1. The van der Waals surface area contributed by atoms with Gasteiger partial charge in [0.25, 0.3) is 0 Å². The molecule has 0 bridgehead atoms. The van der Waals surface area contributed by atoms with Crippen molar-refractivity contribution in [3.8, 4) is 0 Å². The summed E-state index contributed by atoms with van der Waals surface area (Å²) in [5.74, 6) is 0.442. The SMILES string of the molecule is CCCCCC1=NC(N)(CCCCC)N=C(N)N1. The van der Waals surface area contributed by atoms with Crippen molar-refractivity contribution in [2.24, 2.45) is 21.5 Å². The highest BCUT2D eigenvalue weighted by atomic mass is 15.3. The Labute approximate surface area is 110 Å². The summed E-state index contributed by atoms with van der Waals surface area (Å²) in [5.41, 5.74) is 12.0. The molecule has 0 fully saturated rings. The molecule has 1 aliphatic heterocycles. The van der Waals surface area contributed by atoms with E-state index in [1.807, 2.05) is 0 Å². The van der Waals surface area contributed by atoms with Crippen molar-refractivity contribution in [2.75, 3.05) is 0 Å². The Balaban J connectivity index is 2.55. The van der Waals surface area contributed by atoms with Crippen molar-refractivity contribution in [2.45, 2.75) is 71.0 Å². The molecule has 0 aromatic heterocycles. The largest absolute Gasteiger partial charge is 0.370 e. The summed E-state index contributed by atoms with van der Waals surface area (Å²) in [7, 11) is 0. The fourth-order valence-electron chi connectivity index (χ4n) is 2.08. The van der Waals surface area contributed by atoms with Gasteiger partial charge in [-0.3, -0.25) is 5.73 Å². The Morgan fingerprint density at radius 2 is 1.72 bits per heavy atom. The lowest BCUT2D eigenvalue weighted by Crippen LogP contribution is -2.50. The van der Waals surface area contributed by atoms with E-state index in [2.05, 4.69) is 29.1 Å². The minimum atomic E-state index is -0.841. The average molecular weight is 253 g/mol. The lowest BCUT2D eigenvalue weighted by molar-refractivity contribution is 0.402. The standard InChI is InChI=1S/C13H27N5/c1-3-5-7-9-11-16-12(14)18-13(15,17-11)10-8-6-4-2/h3-10,15H2,1-2H3,(H3,14,16,17,18). The Hall–Kier alpha value is -1.10. The highest BCUT2D eigenvalue weighted by molar-refractivity contribution is 6.00. The Morgan fingerprint density at radius 3 is 2.39 bits per heavy atom. The molecule has 104 valence electrons. The number of nitrogens with zero attached hydrogens (tertiary/aromatic N) is 2. The minimum Gasteiger partial charge on any atom is -0.370 e. The van der Waals surface area contributed by atoms with Crippen molar-refractivity contribution in [1.29, 1.82) is 0 Å². The second-order valence-corrected chi connectivity index (χ2v) is 4.97. The molecule has 0 amide bonds. The molecule has 0 aliphatic carbocycles. The van der Waals surface area contributed by atoms with E-state index >= 15 is 0 Å². The van der Waals surface area contributed by atoms with Gasteiger partial charge < -0.3 is 11.1 Å². The first-order valence-corrected chi connectivity index (χ1v) is 7.09. The number of aliphatic imine (C=N–C) groups is 2. The van der Waals surface area contributed by atoms with E-state index in [4.69, 9.17) is 11.5 Å². The lowest BCUT2D eigenvalue weighted by Gasteiger charge is -2.27. The van der Waals surface area contributed by atoms with Gasteiger partial charge in [-0.05, 0) is 12.8 Å². The number of hydrogen-bond acceptors (Lipinski definition) is 5. The van der Waals surface area contributed by atoms with Crippen LogP contribution in [0.4, 0.5) is 0 Å². The molecule has 1 aliphatic rings. The maximum Gasteiger partial charge on any atom is 0.207 e. The summed E-state index contributed by atoms with van der Waals surface area (Å²) in [6.07, 6.45) is 8.53. The smallest absolute Gasteiger partial charge is 0.207 e.